The molecular formula is C16H21NO2. The standard InChI is InChI=1S/C16H21NO2/c1-16(2)13(9-14(16)18)17-15(19)12-7-10-5-3-4-6-11(10)8-12/h3-6,12-14,18H,7-9H2,1-2H3,(H,17,19). The van der Waals surface area contributed by atoms with E-state index >= 15 is 0 Å². The number of aliphatic hydroxyl groups excluding tert-OH is 1. The molecule has 2 aliphatic carbocycles. The number of benzene rings is 1. The van der Waals surface area contributed by atoms with E-state index in [2.05, 4.69) is 17.4 Å². The van der Waals surface area contributed by atoms with Gasteiger partial charge in [-0.2, -0.15) is 0 Å². The van der Waals surface area contributed by atoms with Crippen LogP contribution >= 0.6 is 0 Å². The van der Waals surface area contributed by atoms with Gasteiger partial charge in [-0.25, -0.2) is 0 Å². The van der Waals surface area contributed by atoms with Crippen molar-refractivity contribution in [3.63, 3.8) is 0 Å². The first-order valence-corrected chi connectivity index (χ1v) is 7.03. The Kier molecular flexibility index (Phi) is 2.90. The number of rotatable bonds is 2. The second kappa shape index (κ2) is 4.34. The van der Waals surface area contributed by atoms with E-state index < -0.39 is 0 Å². The monoisotopic (exact) mass is 259 g/mol. The van der Waals surface area contributed by atoms with Crippen molar-refractivity contribution < 1.29 is 9.90 Å². The number of carbonyl (C=O) groups excluding carboxylic acids is 1. The van der Waals surface area contributed by atoms with Crippen LogP contribution in [-0.2, 0) is 17.6 Å². The predicted molar refractivity (Wildman–Crippen MR) is 73.7 cm³/mol. The van der Waals surface area contributed by atoms with Crippen molar-refractivity contribution in [1.29, 1.82) is 0 Å². The molecule has 0 radical (unpaired) electrons. The van der Waals surface area contributed by atoms with E-state index in [0.717, 1.165) is 12.8 Å². The fourth-order valence-electron chi connectivity index (χ4n) is 3.18. The molecule has 1 aromatic rings. The summed E-state index contributed by atoms with van der Waals surface area (Å²) in [6.07, 6.45) is 2.08. The number of fused-ring (bicyclic) bond motifs is 1. The van der Waals surface area contributed by atoms with Gasteiger partial charge in [0.2, 0.25) is 5.91 Å². The van der Waals surface area contributed by atoms with Gasteiger partial charge in [-0.05, 0) is 30.4 Å². The second-order valence-corrected chi connectivity index (χ2v) is 6.51. The summed E-state index contributed by atoms with van der Waals surface area (Å²) in [5.41, 5.74) is 2.41. The number of carbonyl (C=O) groups is 1. The first-order chi connectivity index (χ1) is 8.98. The van der Waals surface area contributed by atoms with E-state index in [1.54, 1.807) is 0 Å². The molecule has 0 aliphatic heterocycles. The van der Waals surface area contributed by atoms with E-state index in [-0.39, 0.29) is 29.4 Å². The fourth-order valence-corrected chi connectivity index (χ4v) is 3.18. The van der Waals surface area contributed by atoms with Crippen molar-refractivity contribution in [2.45, 2.75) is 45.3 Å². The minimum absolute atomic E-state index is 0.0611. The Bertz CT molecular complexity index is 484. The molecule has 1 fully saturated rings. The van der Waals surface area contributed by atoms with E-state index in [4.69, 9.17) is 0 Å². The Morgan fingerprint density at radius 3 is 2.32 bits per heavy atom. The molecule has 1 saturated carbocycles. The number of nitrogens with one attached hydrogen (secondary N) is 1. The van der Waals surface area contributed by atoms with Gasteiger partial charge in [-0.3, -0.25) is 4.79 Å². The van der Waals surface area contributed by atoms with Crippen molar-refractivity contribution in [1.82, 2.24) is 5.32 Å². The highest BCUT2D eigenvalue weighted by molar-refractivity contribution is 5.80. The smallest absolute Gasteiger partial charge is 0.224 e. The Labute approximate surface area is 114 Å². The van der Waals surface area contributed by atoms with Crippen LogP contribution in [0.25, 0.3) is 0 Å². The summed E-state index contributed by atoms with van der Waals surface area (Å²) in [6.45, 7) is 4.02. The third-order valence-corrected chi connectivity index (χ3v) is 4.95. The largest absolute Gasteiger partial charge is 0.392 e. The van der Waals surface area contributed by atoms with Crippen molar-refractivity contribution in [3.05, 3.63) is 35.4 Å². The van der Waals surface area contributed by atoms with Crippen LogP contribution in [0.4, 0.5) is 0 Å². The molecule has 3 heteroatoms. The Morgan fingerprint density at radius 1 is 1.26 bits per heavy atom. The van der Waals surface area contributed by atoms with E-state index in [1.807, 2.05) is 26.0 Å². The topological polar surface area (TPSA) is 49.3 Å². The number of aliphatic hydroxyl groups is 1. The van der Waals surface area contributed by atoms with Gasteiger partial charge in [0, 0.05) is 17.4 Å². The van der Waals surface area contributed by atoms with E-state index in [9.17, 15) is 9.90 Å². The highest BCUT2D eigenvalue weighted by Crippen LogP contribution is 2.40. The van der Waals surface area contributed by atoms with Crippen LogP contribution in [-0.4, -0.2) is 23.2 Å². The number of amides is 1. The zero-order valence-electron chi connectivity index (χ0n) is 11.5. The summed E-state index contributed by atoms with van der Waals surface area (Å²) in [7, 11) is 0. The van der Waals surface area contributed by atoms with Crippen LogP contribution in [0.2, 0.25) is 0 Å². The lowest BCUT2D eigenvalue weighted by Crippen LogP contribution is -2.61. The van der Waals surface area contributed by atoms with Crippen molar-refractivity contribution in [3.8, 4) is 0 Å². The fraction of sp³-hybridized carbons (Fsp3) is 0.562. The van der Waals surface area contributed by atoms with E-state index in [1.165, 1.54) is 11.1 Å². The van der Waals surface area contributed by atoms with Crippen LogP contribution in [0.5, 0.6) is 0 Å². The Morgan fingerprint density at radius 2 is 1.84 bits per heavy atom. The molecule has 0 spiro atoms. The lowest BCUT2D eigenvalue weighted by atomic mass is 9.64. The lowest BCUT2D eigenvalue weighted by Gasteiger charge is -2.49. The van der Waals surface area contributed by atoms with Crippen LogP contribution < -0.4 is 5.32 Å². The average molecular weight is 259 g/mol. The van der Waals surface area contributed by atoms with Crippen LogP contribution in [0.15, 0.2) is 24.3 Å². The summed E-state index contributed by atoms with van der Waals surface area (Å²) in [6, 6.07) is 8.40. The summed E-state index contributed by atoms with van der Waals surface area (Å²) in [5, 5.41) is 12.8. The minimum atomic E-state index is -0.293. The molecule has 102 valence electrons. The molecule has 2 N–H and O–H groups in total. The quantitative estimate of drug-likeness (QED) is 0.849. The molecule has 3 rings (SSSR count). The molecule has 1 amide bonds. The SMILES string of the molecule is CC1(C)C(O)CC1NC(=O)C1Cc2ccccc2C1. The van der Waals surface area contributed by atoms with Gasteiger partial charge in [-0.15, -0.1) is 0 Å². The first-order valence-electron chi connectivity index (χ1n) is 7.03. The third-order valence-electron chi connectivity index (χ3n) is 4.95. The van der Waals surface area contributed by atoms with Gasteiger partial charge in [0.05, 0.1) is 6.10 Å². The van der Waals surface area contributed by atoms with Gasteiger partial charge in [0.25, 0.3) is 0 Å². The van der Waals surface area contributed by atoms with Gasteiger partial charge in [-0.1, -0.05) is 38.1 Å². The molecule has 2 aliphatic rings. The summed E-state index contributed by atoms with van der Waals surface area (Å²) >= 11 is 0. The van der Waals surface area contributed by atoms with Gasteiger partial charge < -0.3 is 10.4 Å². The molecular weight excluding hydrogens is 238 g/mol. The summed E-state index contributed by atoms with van der Waals surface area (Å²) < 4.78 is 0. The Balaban J connectivity index is 1.62. The summed E-state index contributed by atoms with van der Waals surface area (Å²) in [4.78, 5) is 12.3. The van der Waals surface area contributed by atoms with Gasteiger partial charge in [0.1, 0.15) is 0 Å². The molecule has 1 aromatic carbocycles. The molecule has 0 heterocycles. The normalized spacial score (nSPS) is 28.6. The lowest BCUT2D eigenvalue weighted by molar-refractivity contribution is -0.132. The van der Waals surface area contributed by atoms with Gasteiger partial charge >= 0.3 is 0 Å². The molecule has 19 heavy (non-hydrogen) atoms. The maximum atomic E-state index is 12.3. The molecule has 0 saturated heterocycles. The third kappa shape index (κ3) is 2.06. The highest BCUT2D eigenvalue weighted by atomic mass is 16.3. The summed E-state index contributed by atoms with van der Waals surface area (Å²) in [5.74, 6) is 0.201. The van der Waals surface area contributed by atoms with Crippen molar-refractivity contribution >= 4 is 5.91 Å². The van der Waals surface area contributed by atoms with Crippen LogP contribution in [0, 0.1) is 11.3 Å². The molecule has 3 nitrogen and oxygen atoms in total. The van der Waals surface area contributed by atoms with Crippen LogP contribution in [0.1, 0.15) is 31.4 Å². The van der Waals surface area contributed by atoms with Crippen molar-refractivity contribution in [2.24, 2.45) is 11.3 Å². The highest BCUT2D eigenvalue weighted by Gasteiger charge is 2.48. The second-order valence-electron chi connectivity index (χ2n) is 6.51. The molecule has 0 bridgehead atoms. The number of hydrogen-bond donors (Lipinski definition) is 2. The first kappa shape index (κ1) is 12.7. The zero-order valence-corrected chi connectivity index (χ0v) is 11.5. The maximum absolute atomic E-state index is 12.3. The molecule has 0 aromatic heterocycles. The minimum Gasteiger partial charge on any atom is -0.392 e. The maximum Gasteiger partial charge on any atom is 0.224 e. The molecule has 2 atom stereocenters. The molecule has 2 unspecified atom stereocenters. The Hall–Kier alpha value is -1.35. The number of hydrogen-bond acceptors (Lipinski definition) is 2. The zero-order chi connectivity index (χ0) is 13.6. The predicted octanol–water partition coefficient (Wildman–Crippen LogP) is 1.68. The van der Waals surface area contributed by atoms with Crippen LogP contribution in [0.3, 0.4) is 0 Å². The van der Waals surface area contributed by atoms with E-state index in [0.29, 0.717) is 6.42 Å². The average Bonchev–Trinajstić information content (AvgIpc) is 2.82. The van der Waals surface area contributed by atoms with Crippen molar-refractivity contribution in [2.75, 3.05) is 0 Å². The van der Waals surface area contributed by atoms with Gasteiger partial charge in [0.15, 0.2) is 0 Å².